The fourth-order valence-electron chi connectivity index (χ4n) is 0.662. The summed E-state index contributed by atoms with van der Waals surface area (Å²) in [5.41, 5.74) is 0. The second-order valence-corrected chi connectivity index (χ2v) is 1.86. The van der Waals surface area contributed by atoms with E-state index in [9.17, 15) is 10.1 Å². The molecule has 0 unspecified atom stereocenters. The second-order valence-electron chi connectivity index (χ2n) is 1.86. The third kappa shape index (κ3) is 1.81. The van der Waals surface area contributed by atoms with E-state index in [4.69, 9.17) is 0 Å². The number of hydrogen-bond donors (Lipinski definition) is 0. The molecule has 0 radical (unpaired) electrons. The predicted molar refractivity (Wildman–Crippen MR) is 33.6 cm³/mol. The van der Waals surface area contributed by atoms with Crippen molar-refractivity contribution in [2.45, 2.75) is 6.67 Å². The normalized spacial score (nSPS) is 9.20. The van der Waals surface area contributed by atoms with Crippen molar-refractivity contribution in [3.05, 3.63) is 40.7 Å². The first-order valence-corrected chi connectivity index (χ1v) is 2.85. The monoisotopic (exact) mass is 139 g/mol. The Bertz CT molecular complexity index is 222. The topological polar surface area (TPSA) is 47.0 Å². The lowest BCUT2D eigenvalue weighted by Gasteiger charge is -1.86. The smallest absolute Gasteiger partial charge is 0.259 e. The molecule has 4 heteroatoms. The van der Waals surface area contributed by atoms with Crippen LogP contribution in [0.2, 0.25) is 0 Å². The van der Waals surface area contributed by atoms with Gasteiger partial charge in [0.15, 0.2) is 12.4 Å². The van der Waals surface area contributed by atoms with E-state index in [1.807, 2.05) is 6.07 Å². The summed E-state index contributed by atoms with van der Waals surface area (Å²) in [7, 11) is 0. The number of nitrogens with zero attached hydrogens (tertiary/aromatic N) is 2. The zero-order valence-corrected chi connectivity index (χ0v) is 5.30. The van der Waals surface area contributed by atoms with E-state index in [-0.39, 0.29) is 11.6 Å². The molecule has 1 aromatic heterocycles. The van der Waals surface area contributed by atoms with Crippen LogP contribution < -0.4 is 4.57 Å². The number of rotatable bonds is 2. The van der Waals surface area contributed by atoms with Crippen LogP contribution >= 0.6 is 0 Å². The van der Waals surface area contributed by atoms with Crippen LogP contribution in [0.15, 0.2) is 30.6 Å². The minimum absolute atomic E-state index is 0.166. The van der Waals surface area contributed by atoms with Crippen molar-refractivity contribution in [1.82, 2.24) is 0 Å². The first-order chi connectivity index (χ1) is 4.79. The fraction of sp³-hybridized carbons (Fsp3) is 0.167. The highest BCUT2D eigenvalue weighted by Gasteiger charge is 2.03. The first-order valence-electron chi connectivity index (χ1n) is 2.85. The maximum Gasteiger partial charge on any atom is 0.394 e. The summed E-state index contributed by atoms with van der Waals surface area (Å²) in [6.45, 7) is -0.166. The molecular weight excluding hydrogens is 132 g/mol. The first kappa shape index (κ1) is 6.67. The van der Waals surface area contributed by atoms with Crippen LogP contribution in [0.3, 0.4) is 0 Å². The van der Waals surface area contributed by atoms with Crippen molar-refractivity contribution in [3.63, 3.8) is 0 Å². The molecular formula is C6H7N2O2+. The Hall–Kier alpha value is -1.45. The molecule has 0 saturated heterocycles. The summed E-state index contributed by atoms with van der Waals surface area (Å²) in [5, 5.41) is 9.95. The van der Waals surface area contributed by atoms with Crippen molar-refractivity contribution in [1.29, 1.82) is 0 Å². The Labute approximate surface area is 57.9 Å². The molecule has 1 aromatic rings. The van der Waals surface area contributed by atoms with Crippen LogP contribution in [0.25, 0.3) is 0 Å². The molecule has 0 fully saturated rings. The fourth-order valence-corrected chi connectivity index (χ4v) is 0.662. The maximum atomic E-state index is 9.95. The van der Waals surface area contributed by atoms with Crippen LogP contribution in [0.4, 0.5) is 0 Å². The van der Waals surface area contributed by atoms with Gasteiger partial charge in [-0.05, 0) is 0 Å². The van der Waals surface area contributed by atoms with Crippen molar-refractivity contribution < 1.29 is 9.49 Å². The van der Waals surface area contributed by atoms with Gasteiger partial charge in [-0.25, -0.2) is 0 Å². The standard InChI is InChI=1S/C6H7N2O2/c9-8(10)6-7-4-2-1-3-5-7/h1-5H,6H2/q+1. The highest BCUT2D eigenvalue weighted by Crippen LogP contribution is 1.76. The maximum absolute atomic E-state index is 9.95. The van der Waals surface area contributed by atoms with Crippen LogP contribution in [0.5, 0.6) is 0 Å². The average molecular weight is 139 g/mol. The van der Waals surface area contributed by atoms with Gasteiger partial charge in [-0.3, -0.25) is 10.1 Å². The summed E-state index contributed by atoms with van der Waals surface area (Å²) in [4.78, 5) is 9.58. The molecule has 0 N–H and O–H groups in total. The number of pyridine rings is 1. The van der Waals surface area contributed by atoms with Gasteiger partial charge < -0.3 is 0 Å². The largest absolute Gasteiger partial charge is 0.394 e. The van der Waals surface area contributed by atoms with Crippen molar-refractivity contribution >= 4 is 0 Å². The van der Waals surface area contributed by atoms with Gasteiger partial charge in [-0.2, -0.15) is 0 Å². The molecule has 0 amide bonds. The third-order valence-corrected chi connectivity index (χ3v) is 1.06. The minimum atomic E-state index is -0.375. The Morgan fingerprint density at radius 1 is 1.30 bits per heavy atom. The van der Waals surface area contributed by atoms with Crippen LogP contribution in [0, 0.1) is 10.1 Å². The molecule has 52 valence electrons. The Morgan fingerprint density at radius 2 is 1.90 bits per heavy atom. The summed E-state index contributed by atoms with van der Waals surface area (Å²) < 4.78 is 1.50. The molecule has 0 spiro atoms. The highest BCUT2D eigenvalue weighted by molar-refractivity contribution is 4.83. The lowest BCUT2D eigenvalue weighted by Crippen LogP contribution is -2.36. The zero-order valence-electron chi connectivity index (χ0n) is 5.30. The van der Waals surface area contributed by atoms with Crippen molar-refractivity contribution in [3.8, 4) is 0 Å². The van der Waals surface area contributed by atoms with E-state index in [1.54, 1.807) is 24.5 Å². The van der Waals surface area contributed by atoms with E-state index < -0.39 is 0 Å². The van der Waals surface area contributed by atoms with E-state index in [1.165, 1.54) is 4.57 Å². The molecule has 10 heavy (non-hydrogen) atoms. The molecule has 0 saturated carbocycles. The van der Waals surface area contributed by atoms with Crippen LogP contribution in [-0.4, -0.2) is 4.92 Å². The predicted octanol–water partition coefficient (Wildman–Crippen LogP) is 0.208. The zero-order chi connectivity index (χ0) is 7.40. The SMILES string of the molecule is O=[N+]([O-])C[n+]1ccccc1. The van der Waals surface area contributed by atoms with Gasteiger partial charge in [-0.15, -0.1) is 4.57 Å². The van der Waals surface area contributed by atoms with E-state index in [0.717, 1.165) is 0 Å². The highest BCUT2D eigenvalue weighted by atomic mass is 16.6. The number of hydrogen-bond acceptors (Lipinski definition) is 2. The summed E-state index contributed by atoms with van der Waals surface area (Å²) in [6, 6.07) is 5.32. The molecule has 1 heterocycles. The van der Waals surface area contributed by atoms with E-state index in [0.29, 0.717) is 0 Å². The Balaban J connectivity index is 2.67. The van der Waals surface area contributed by atoms with Gasteiger partial charge in [0.2, 0.25) is 0 Å². The van der Waals surface area contributed by atoms with Gasteiger partial charge in [0.1, 0.15) is 0 Å². The lowest BCUT2D eigenvalue weighted by molar-refractivity contribution is -0.837. The third-order valence-electron chi connectivity index (χ3n) is 1.06. The average Bonchev–Trinajstić information content (AvgIpc) is 1.88. The summed E-state index contributed by atoms with van der Waals surface area (Å²) in [6.07, 6.45) is 3.31. The van der Waals surface area contributed by atoms with Crippen molar-refractivity contribution in [2.24, 2.45) is 0 Å². The number of nitro groups is 1. The number of aromatic nitrogens is 1. The molecule has 0 aliphatic rings. The Morgan fingerprint density at radius 3 is 2.40 bits per heavy atom. The van der Waals surface area contributed by atoms with E-state index >= 15 is 0 Å². The van der Waals surface area contributed by atoms with Gasteiger partial charge >= 0.3 is 6.67 Å². The molecule has 0 atom stereocenters. The minimum Gasteiger partial charge on any atom is -0.259 e. The molecule has 0 aromatic carbocycles. The van der Waals surface area contributed by atoms with Crippen molar-refractivity contribution in [2.75, 3.05) is 0 Å². The molecule has 4 nitrogen and oxygen atoms in total. The molecule has 0 bridgehead atoms. The van der Waals surface area contributed by atoms with Gasteiger partial charge in [-0.1, -0.05) is 6.07 Å². The molecule has 0 aliphatic carbocycles. The molecule has 1 rings (SSSR count). The van der Waals surface area contributed by atoms with Gasteiger partial charge in [0.25, 0.3) is 0 Å². The van der Waals surface area contributed by atoms with Crippen LogP contribution in [-0.2, 0) is 6.67 Å². The summed E-state index contributed by atoms with van der Waals surface area (Å²) >= 11 is 0. The van der Waals surface area contributed by atoms with Crippen LogP contribution in [0.1, 0.15) is 0 Å². The summed E-state index contributed by atoms with van der Waals surface area (Å²) in [5.74, 6) is 0. The Kier molecular flexibility index (Phi) is 1.94. The molecule has 0 aliphatic heterocycles. The van der Waals surface area contributed by atoms with Gasteiger partial charge in [0.05, 0.1) is 4.92 Å². The quantitative estimate of drug-likeness (QED) is 0.334. The van der Waals surface area contributed by atoms with Gasteiger partial charge in [0, 0.05) is 12.1 Å². The second kappa shape index (κ2) is 2.91. The van der Waals surface area contributed by atoms with E-state index in [2.05, 4.69) is 0 Å². The lowest BCUT2D eigenvalue weighted by atomic mass is 10.5.